The van der Waals surface area contributed by atoms with Gasteiger partial charge < -0.3 is 10.2 Å². The van der Waals surface area contributed by atoms with Crippen LogP contribution in [0.4, 0.5) is 0 Å². The molecule has 1 heterocycles. The Balaban J connectivity index is 2.39. The third kappa shape index (κ3) is 1.59. The molecule has 0 saturated carbocycles. The Kier molecular flexibility index (Phi) is 1.97. The van der Waals surface area contributed by atoms with Gasteiger partial charge >= 0.3 is 5.97 Å². The van der Waals surface area contributed by atoms with Gasteiger partial charge in [-0.15, -0.1) is 11.8 Å². The molecular weight excluding hydrogens is 140 g/mol. The van der Waals surface area contributed by atoms with Crippen LogP contribution in [-0.4, -0.2) is 27.4 Å². The van der Waals surface area contributed by atoms with E-state index in [1.54, 1.807) is 0 Å². The Morgan fingerprint density at radius 2 is 2.33 bits per heavy atom. The van der Waals surface area contributed by atoms with Crippen molar-refractivity contribution < 1.29 is 15.0 Å². The highest BCUT2D eigenvalue weighted by atomic mass is 32.2. The van der Waals surface area contributed by atoms with Crippen LogP contribution in [0.1, 0.15) is 6.42 Å². The normalized spacial score (nSPS) is 34.8. The van der Waals surface area contributed by atoms with Crippen molar-refractivity contribution >= 4 is 17.7 Å². The van der Waals surface area contributed by atoms with Gasteiger partial charge in [0.1, 0.15) is 5.44 Å². The van der Waals surface area contributed by atoms with Crippen LogP contribution in [0.15, 0.2) is 0 Å². The van der Waals surface area contributed by atoms with Crippen LogP contribution in [0, 0.1) is 5.92 Å². The summed E-state index contributed by atoms with van der Waals surface area (Å²) in [5, 5.41) is 17.3. The molecule has 0 amide bonds. The van der Waals surface area contributed by atoms with Crippen molar-refractivity contribution in [1.29, 1.82) is 0 Å². The van der Waals surface area contributed by atoms with E-state index in [4.69, 9.17) is 10.2 Å². The van der Waals surface area contributed by atoms with Crippen LogP contribution in [0.2, 0.25) is 0 Å². The molecule has 2 atom stereocenters. The minimum atomic E-state index is -0.793. The standard InChI is InChI=1S/C5H8O3S/c6-4-1-3(2-9-4)5(7)8/h3-4,6H,1-2H2,(H,7,8)/t3-,4+/m1/s1. The van der Waals surface area contributed by atoms with E-state index in [0.29, 0.717) is 12.2 Å². The monoisotopic (exact) mass is 148 g/mol. The lowest BCUT2D eigenvalue weighted by Crippen LogP contribution is -2.12. The van der Waals surface area contributed by atoms with E-state index >= 15 is 0 Å². The first-order chi connectivity index (χ1) is 4.20. The minimum absolute atomic E-state index is 0.329. The van der Waals surface area contributed by atoms with Gasteiger partial charge in [0, 0.05) is 5.75 Å². The maximum atomic E-state index is 10.2. The zero-order valence-electron chi connectivity index (χ0n) is 4.78. The molecule has 0 bridgehead atoms. The summed E-state index contributed by atoms with van der Waals surface area (Å²) in [5.74, 6) is -0.569. The van der Waals surface area contributed by atoms with Gasteiger partial charge in [0.2, 0.25) is 0 Å². The van der Waals surface area contributed by atoms with Gasteiger partial charge in [-0.05, 0) is 6.42 Å². The first-order valence-electron chi connectivity index (χ1n) is 2.72. The summed E-state index contributed by atoms with van der Waals surface area (Å²) < 4.78 is 0. The topological polar surface area (TPSA) is 57.5 Å². The molecule has 52 valence electrons. The second-order valence-corrected chi connectivity index (χ2v) is 3.27. The third-order valence-electron chi connectivity index (χ3n) is 1.33. The highest BCUT2D eigenvalue weighted by Crippen LogP contribution is 2.29. The molecule has 2 N–H and O–H groups in total. The van der Waals surface area contributed by atoms with Crippen LogP contribution < -0.4 is 0 Å². The average molecular weight is 148 g/mol. The van der Waals surface area contributed by atoms with Crippen molar-refractivity contribution in [2.45, 2.75) is 11.9 Å². The molecule has 0 unspecified atom stereocenters. The number of hydrogen-bond acceptors (Lipinski definition) is 3. The van der Waals surface area contributed by atoms with Gasteiger partial charge in [-0.3, -0.25) is 4.79 Å². The summed E-state index contributed by atoms with van der Waals surface area (Å²) in [6.45, 7) is 0. The van der Waals surface area contributed by atoms with Crippen molar-refractivity contribution in [1.82, 2.24) is 0 Å². The molecule has 1 saturated heterocycles. The first kappa shape index (κ1) is 6.89. The lowest BCUT2D eigenvalue weighted by molar-refractivity contribution is -0.141. The van der Waals surface area contributed by atoms with Crippen molar-refractivity contribution in [3.05, 3.63) is 0 Å². The van der Waals surface area contributed by atoms with Gasteiger partial charge in [-0.25, -0.2) is 0 Å². The van der Waals surface area contributed by atoms with E-state index in [1.807, 2.05) is 0 Å². The van der Waals surface area contributed by atoms with Crippen molar-refractivity contribution in [2.75, 3.05) is 5.75 Å². The number of hydrogen-bond donors (Lipinski definition) is 2. The predicted octanol–water partition coefficient (Wildman–Crippen LogP) is 0.142. The van der Waals surface area contributed by atoms with Gasteiger partial charge in [0.25, 0.3) is 0 Å². The molecule has 0 aromatic rings. The molecule has 0 aliphatic carbocycles. The highest BCUT2D eigenvalue weighted by Gasteiger charge is 2.28. The van der Waals surface area contributed by atoms with Gasteiger partial charge in [0.15, 0.2) is 0 Å². The summed E-state index contributed by atoms with van der Waals surface area (Å²) in [6.07, 6.45) is 0.403. The predicted molar refractivity (Wildman–Crippen MR) is 34.2 cm³/mol. The van der Waals surface area contributed by atoms with Crippen LogP contribution in [0.3, 0.4) is 0 Å². The number of aliphatic carboxylic acids is 1. The van der Waals surface area contributed by atoms with Crippen molar-refractivity contribution in [3.8, 4) is 0 Å². The molecular formula is C5H8O3S. The molecule has 0 radical (unpaired) electrons. The maximum absolute atomic E-state index is 10.2. The maximum Gasteiger partial charge on any atom is 0.307 e. The summed E-state index contributed by atoms with van der Waals surface area (Å²) in [5.41, 5.74) is -0.453. The van der Waals surface area contributed by atoms with Crippen LogP contribution in [0.5, 0.6) is 0 Å². The molecule has 0 aromatic carbocycles. The van der Waals surface area contributed by atoms with Gasteiger partial charge in [0.05, 0.1) is 5.92 Å². The minimum Gasteiger partial charge on any atom is -0.481 e. The number of rotatable bonds is 1. The summed E-state index contributed by atoms with van der Waals surface area (Å²) in [6, 6.07) is 0. The number of aliphatic hydroxyl groups excluding tert-OH is 1. The molecule has 3 nitrogen and oxygen atoms in total. The largest absolute Gasteiger partial charge is 0.481 e. The molecule has 0 aromatic heterocycles. The van der Waals surface area contributed by atoms with Crippen molar-refractivity contribution in [2.24, 2.45) is 5.92 Å². The molecule has 1 aliphatic heterocycles. The number of thioether (sulfide) groups is 1. The molecule has 0 spiro atoms. The van der Waals surface area contributed by atoms with E-state index in [-0.39, 0.29) is 5.92 Å². The van der Waals surface area contributed by atoms with Crippen molar-refractivity contribution in [3.63, 3.8) is 0 Å². The Labute approximate surface area is 57.1 Å². The molecule has 9 heavy (non-hydrogen) atoms. The average Bonchev–Trinajstić information content (AvgIpc) is 2.14. The number of carbonyl (C=O) groups is 1. The Morgan fingerprint density at radius 3 is 2.56 bits per heavy atom. The quantitative estimate of drug-likeness (QED) is 0.555. The number of carboxylic acid groups (broad SMARTS) is 1. The van der Waals surface area contributed by atoms with E-state index in [0.717, 1.165) is 0 Å². The Bertz CT molecular complexity index is 125. The van der Waals surface area contributed by atoms with Crippen LogP contribution in [-0.2, 0) is 4.79 Å². The number of carboxylic acids is 1. The van der Waals surface area contributed by atoms with Crippen LogP contribution in [0.25, 0.3) is 0 Å². The first-order valence-corrected chi connectivity index (χ1v) is 3.77. The summed E-state index contributed by atoms with van der Waals surface area (Å²) in [4.78, 5) is 10.2. The lowest BCUT2D eigenvalue weighted by atomic mass is 10.1. The SMILES string of the molecule is O=C(O)[C@H]1CS[C@H](O)C1. The van der Waals surface area contributed by atoms with Gasteiger partial charge in [-0.2, -0.15) is 0 Å². The fraction of sp³-hybridized carbons (Fsp3) is 0.800. The van der Waals surface area contributed by atoms with Crippen LogP contribution >= 0.6 is 11.8 Å². The van der Waals surface area contributed by atoms with E-state index in [9.17, 15) is 4.79 Å². The third-order valence-corrected chi connectivity index (χ3v) is 2.50. The smallest absolute Gasteiger partial charge is 0.307 e. The highest BCUT2D eigenvalue weighted by molar-refractivity contribution is 8.00. The number of aliphatic hydroxyl groups is 1. The van der Waals surface area contributed by atoms with E-state index in [2.05, 4.69) is 0 Å². The second-order valence-electron chi connectivity index (χ2n) is 2.06. The summed E-state index contributed by atoms with van der Waals surface area (Å²) in [7, 11) is 0. The summed E-state index contributed by atoms with van der Waals surface area (Å²) >= 11 is 1.31. The fourth-order valence-corrected chi connectivity index (χ4v) is 1.88. The fourth-order valence-electron chi connectivity index (χ4n) is 0.779. The lowest BCUT2D eigenvalue weighted by Gasteiger charge is -1.97. The molecule has 4 heteroatoms. The van der Waals surface area contributed by atoms with E-state index in [1.165, 1.54) is 11.8 Å². The second kappa shape index (κ2) is 2.58. The Hall–Kier alpha value is -0.220. The van der Waals surface area contributed by atoms with E-state index < -0.39 is 11.4 Å². The Morgan fingerprint density at radius 1 is 1.67 bits per heavy atom. The zero-order valence-corrected chi connectivity index (χ0v) is 5.60. The van der Waals surface area contributed by atoms with Gasteiger partial charge in [-0.1, -0.05) is 0 Å². The molecule has 1 rings (SSSR count). The molecule has 1 aliphatic rings. The molecule has 1 fully saturated rings. The zero-order chi connectivity index (χ0) is 6.85.